The van der Waals surface area contributed by atoms with Gasteiger partial charge in [-0.1, -0.05) is 0 Å². The molecule has 0 aromatic rings. The SMILES string of the molecule is CCN1C(=O)C=CC1=O.N[C@@H](CS)C(=O)O. The number of carbonyl (C=O) groups is 3. The molecule has 90 valence electrons. The molecule has 0 spiro atoms. The van der Waals surface area contributed by atoms with Crippen LogP contribution in [0.15, 0.2) is 12.2 Å². The minimum atomic E-state index is -1.00. The van der Waals surface area contributed by atoms with Crippen LogP contribution in [-0.4, -0.2) is 46.1 Å². The van der Waals surface area contributed by atoms with Crippen molar-refractivity contribution in [1.29, 1.82) is 0 Å². The molecular formula is C9H14N2O4S. The van der Waals surface area contributed by atoms with E-state index in [1.807, 2.05) is 0 Å². The number of carboxylic acids is 1. The second-order valence-corrected chi connectivity index (χ2v) is 3.25. The summed E-state index contributed by atoms with van der Waals surface area (Å²) in [4.78, 5) is 32.2. The van der Waals surface area contributed by atoms with E-state index in [0.29, 0.717) is 6.54 Å². The van der Waals surface area contributed by atoms with E-state index in [1.165, 1.54) is 17.1 Å². The highest BCUT2D eigenvalue weighted by atomic mass is 32.1. The summed E-state index contributed by atoms with van der Waals surface area (Å²) in [5.41, 5.74) is 4.94. The summed E-state index contributed by atoms with van der Waals surface area (Å²) in [6, 6.07) is -0.816. The molecule has 1 aliphatic heterocycles. The van der Waals surface area contributed by atoms with E-state index in [9.17, 15) is 14.4 Å². The number of nitrogens with zero attached hydrogens (tertiary/aromatic N) is 1. The van der Waals surface area contributed by atoms with Crippen molar-refractivity contribution in [3.8, 4) is 0 Å². The van der Waals surface area contributed by atoms with Crippen molar-refractivity contribution in [2.45, 2.75) is 13.0 Å². The van der Waals surface area contributed by atoms with Crippen molar-refractivity contribution in [3.63, 3.8) is 0 Å². The maximum absolute atomic E-state index is 10.6. The third kappa shape index (κ3) is 4.45. The monoisotopic (exact) mass is 246 g/mol. The fraction of sp³-hybridized carbons (Fsp3) is 0.444. The number of amides is 2. The van der Waals surface area contributed by atoms with Crippen LogP contribution in [0.5, 0.6) is 0 Å². The van der Waals surface area contributed by atoms with Crippen LogP contribution in [0, 0.1) is 0 Å². The topological polar surface area (TPSA) is 101 Å². The average molecular weight is 246 g/mol. The predicted octanol–water partition coefficient (Wildman–Crippen LogP) is -0.741. The molecule has 1 rings (SSSR count). The van der Waals surface area contributed by atoms with Crippen molar-refractivity contribution in [1.82, 2.24) is 4.90 Å². The van der Waals surface area contributed by atoms with Gasteiger partial charge in [-0.25, -0.2) is 0 Å². The van der Waals surface area contributed by atoms with Gasteiger partial charge in [-0.3, -0.25) is 19.3 Å². The van der Waals surface area contributed by atoms with E-state index >= 15 is 0 Å². The van der Waals surface area contributed by atoms with Crippen molar-refractivity contribution in [2.24, 2.45) is 5.73 Å². The first-order valence-corrected chi connectivity index (χ1v) is 5.20. The van der Waals surface area contributed by atoms with Crippen molar-refractivity contribution in [2.75, 3.05) is 12.3 Å². The lowest BCUT2D eigenvalue weighted by Gasteiger charge is -2.08. The smallest absolute Gasteiger partial charge is 0.321 e. The van der Waals surface area contributed by atoms with Gasteiger partial charge in [-0.05, 0) is 6.92 Å². The Morgan fingerprint density at radius 3 is 2.06 bits per heavy atom. The van der Waals surface area contributed by atoms with Gasteiger partial charge in [0.25, 0.3) is 11.8 Å². The summed E-state index contributed by atoms with van der Waals surface area (Å²) in [5.74, 6) is -1.23. The predicted molar refractivity (Wildman–Crippen MR) is 61.0 cm³/mol. The van der Waals surface area contributed by atoms with Crippen molar-refractivity contribution in [3.05, 3.63) is 12.2 Å². The number of hydrogen-bond acceptors (Lipinski definition) is 5. The first-order valence-electron chi connectivity index (χ1n) is 4.56. The van der Waals surface area contributed by atoms with Crippen LogP contribution in [0.2, 0.25) is 0 Å². The van der Waals surface area contributed by atoms with Crippen LogP contribution in [0.1, 0.15) is 6.92 Å². The molecule has 0 aromatic carbocycles. The summed E-state index contributed by atoms with van der Waals surface area (Å²) in [7, 11) is 0. The van der Waals surface area contributed by atoms with Crippen LogP contribution in [0.4, 0.5) is 0 Å². The fourth-order valence-electron chi connectivity index (χ4n) is 0.821. The van der Waals surface area contributed by atoms with E-state index in [-0.39, 0.29) is 17.6 Å². The van der Waals surface area contributed by atoms with Gasteiger partial charge in [0.15, 0.2) is 0 Å². The Balaban J connectivity index is 0.000000293. The zero-order chi connectivity index (χ0) is 12.7. The Bertz CT molecular complexity index is 299. The second-order valence-electron chi connectivity index (χ2n) is 2.88. The van der Waals surface area contributed by atoms with Crippen LogP contribution >= 0.6 is 12.6 Å². The van der Waals surface area contributed by atoms with Gasteiger partial charge in [0.1, 0.15) is 6.04 Å². The van der Waals surface area contributed by atoms with E-state index < -0.39 is 12.0 Å². The molecule has 1 atom stereocenters. The number of nitrogens with two attached hydrogens (primary N) is 1. The lowest BCUT2D eigenvalue weighted by atomic mass is 10.4. The van der Waals surface area contributed by atoms with E-state index in [1.54, 1.807) is 6.92 Å². The van der Waals surface area contributed by atoms with Gasteiger partial charge in [0, 0.05) is 24.4 Å². The van der Waals surface area contributed by atoms with Gasteiger partial charge in [0.2, 0.25) is 0 Å². The fourth-order valence-corrected chi connectivity index (χ4v) is 0.977. The summed E-state index contributed by atoms with van der Waals surface area (Å²) in [5, 5.41) is 8.01. The number of likely N-dealkylation sites (N-methyl/N-ethyl adjacent to an activating group) is 1. The molecule has 16 heavy (non-hydrogen) atoms. The number of carboxylic acid groups (broad SMARTS) is 1. The quantitative estimate of drug-likeness (QED) is 0.450. The van der Waals surface area contributed by atoms with Gasteiger partial charge < -0.3 is 10.8 Å². The highest BCUT2D eigenvalue weighted by Crippen LogP contribution is 2.00. The molecule has 0 saturated heterocycles. The maximum Gasteiger partial charge on any atom is 0.321 e. The average Bonchev–Trinajstić information content (AvgIpc) is 2.57. The number of rotatable bonds is 3. The third-order valence-corrected chi connectivity index (χ3v) is 2.12. The van der Waals surface area contributed by atoms with Crippen molar-refractivity contribution >= 4 is 30.4 Å². The standard InChI is InChI=1S/C6H7NO2.C3H7NO2S/c1-2-7-5(8)3-4-6(7)9;4-2(1-7)3(5)6/h3-4H,2H2,1H3;2,7H,1,4H2,(H,5,6)/t;2-/m.0/s1. The second kappa shape index (κ2) is 7.02. The minimum Gasteiger partial charge on any atom is -0.480 e. The molecule has 0 saturated carbocycles. The zero-order valence-corrected chi connectivity index (χ0v) is 9.68. The highest BCUT2D eigenvalue weighted by molar-refractivity contribution is 7.80. The molecule has 1 aliphatic rings. The summed E-state index contributed by atoms with van der Waals surface area (Å²) in [6.07, 6.45) is 2.57. The third-order valence-electron chi connectivity index (χ3n) is 1.73. The largest absolute Gasteiger partial charge is 0.480 e. The van der Waals surface area contributed by atoms with E-state index in [2.05, 4.69) is 12.6 Å². The van der Waals surface area contributed by atoms with Crippen LogP contribution in [0.3, 0.4) is 0 Å². The lowest BCUT2D eigenvalue weighted by molar-refractivity contribution is -0.138. The Kier molecular flexibility index (Phi) is 6.43. The molecule has 0 unspecified atom stereocenters. The molecule has 0 fully saturated rings. The molecule has 3 N–H and O–H groups in total. The molecule has 2 amide bonds. The number of aliphatic carboxylic acids is 1. The minimum absolute atomic E-state index is 0.190. The van der Waals surface area contributed by atoms with E-state index in [0.717, 1.165) is 0 Å². The van der Waals surface area contributed by atoms with Crippen LogP contribution in [0.25, 0.3) is 0 Å². The lowest BCUT2D eigenvalue weighted by Crippen LogP contribution is -2.31. The highest BCUT2D eigenvalue weighted by Gasteiger charge is 2.20. The number of hydrogen-bond donors (Lipinski definition) is 3. The molecule has 0 aromatic heterocycles. The molecular weight excluding hydrogens is 232 g/mol. The number of thiol groups is 1. The van der Waals surface area contributed by atoms with Crippen LogP contribution in [-0.2, 0) is 14.4 Å². The normalized spacial score (nSPS) is 15.8. The zero-order valence-electron chi connectivity index (χ0n) is 8.79. The Labute approximate surface area is 98.5 Å². The molecule has 1 heterocycles. The molecule has 6 nitrogen and oxygen atoms in total. The Morgan fingerprint density at radius 1 is 1.50 bits per heavy atom. The summed E-state index contributed by atoms with van der Waals surface area (Å²) in [6.45, 7) is 2.23. The molecule has 0 aliphatic carbocycles. The first kappa shape index (κ1) is 14.7. The summed E-state index contributed by atoms with van der Waals surface area (Å²) >= 11 is 3.65. The molecule has 0 bridgehead atoms. The molecule has 7 heteroatoms. The number of imide groups is 1. The van der Waals surface area contributed by atoms with Gasteiger partial charge in [0.05, 0.1) is 0 Å². The Morgan fingerprint density at radius 2 is 1.94 bits per heavy atom. The maximum atomic E-state index is 10.6. The van der Waals surface area contributed by atoms with Gasteiger partial charge in [-0.2, -0.15) is 12.6 Å². The van der Waals surface area contributed by atoms with Crippen LogP contribution < -0.4 is 5.73 Å². The van der Waals surface area contributed by atoms with E-state index in [4.69, 9.17) is 10.8 Å². The Hall–Kier alpha value is -1.34. The van der Waals surface area contributed by atoms with Gasteiger partial charge >= 0.3 is 5.97 Å². The van der Waals surface area contributed by atoms with Gasteiger partial charge in [-0.15, -0.1) is 0 Å². The first-order chi connectivity index (χ1) is 7.43. The van der Waals surface area contributed by atoms with Crippen molar-refractivity contribution < 1.29 is 19.5 Å². The molecule has 0 radical (unpaired) electrons. The summed E-state index contributed by atoms with van der Waals surface area (Å²) < 4.78 is 0. The number of carbonyl (C=O) groups excluding carboxylic acids is 2.